The number of hydrogen-bond acceptors (Lipinski definition) is 14. The van der Waals surface area contributed by atoms with Crippen LogP contribution in [0.4, 0.5) is 0 Å². The number of aromatic hydroxyl groups is 2. The maximum absolute atomic E-state index is 14.1. The number of nitrogens with one attached hydrogen (secondary N) is 1. The van der Waals surface area contributed by atoms with Crippen LogP contribution in [0, 0.1) is 0 Å². The van der Waals surface area contributed by atoms with Crippen LogP contribution in [0.5, 0.6) is 23.0 Å². The largest absolute Gasteiger partial charge is 0.508 e. The molecule has 1 atom stereocenters. The van der Waals surface area contributed by atoms with Crippen molar-refractivity contribution in [1.29, 1.82) is 0 Å². The fourth-order valence-electron chi connectivity index (χ4n) is 9.72. The predicted molar refractivity (Wildman–Crippen MR) is 258 cm³/mol. The van der Waals surface area contributed by atoms with E-state index in [0.717, 1.165) is 22.4 Å². The fraction of sp³-hybridized carbons (Fsp3) is 0.340. The van der Waals surface area contributed by atoms with Crippen LogP contribution < -0.4 is 15.6 Å². The maximum Gasteiger partial charge on any atom is 0.355 e. The smallest absolute Gasteiger partial charge is 0.355 e. The second-order valence-corrected chi connectivity index (χ2v) is 18.2. The monoisotopic (exact) mass is 963 g/mol. The number of ketones is 1. The van der Waals surface area contributed by atoms with Crippen molar-refractivity contribution in [2.75, 3.05) is 20.1 Å². The number of aryl methyl sites for hydroxylation is 1. The van der Waals surface area contributed by atoms with Crippen molar-refractivity contribution in [3.05, 3.63) is 128 Å². The van der Waals surface area contributed by atoms with E-state index in [1.54, 1.807) is 86.1 Å². The minimum absolute atomic E-state index is 0.0129. The first kappa shape index (κ1) is 47.9. The molecule has 1 unspecified atom stereocenters. The third-order valence-corrected chi connectivity index (χ3v) is 13.5. The van der Waals surface area contributed by atoms with Gasteiger partial charge >= 0.3 is 11.9 Å². The predicted octanol–water partition coefficient (Wildman–Crippen LogP) is 6.58. The number of esters is 2. The van der Waals surface area contributed by atoms with Gasteiger partial charge in [0.05, 0.1) is 35.5 Å². The Kier molecular flexibility index (Phi) is 12.8. The number of benzene rings is 3. The molecular weight excluding hydrogens is 911 g/mol. The van der Waals surface area contributed by atoms with Gasteiger partial charge in [0.1, 0.15) is 35.4 Å². The van der Waals surface area contributed by atoms with Crippen molar-refractivity contribution in [2.45, 2.75) is 97.8 Å². The first-order chi connectivity index (χ1) is 34.1. The molecular formula is C53H53N7O11. The molecule has 3 aromatic heterocycles. The number of carbonyl (C=O) groups is 5. The number of nitrogens with zero attached hydrogens (tertiary/aromatic N) is 6. The number of carbonyl (C=O) groups excluding carboxylic acids is 5. The van der Waals surface area contributed by atoms with Crippen LogP contribution in [0.2, 0.25) is 0 Å². The summed E-state index contributed by atoms with van der Waals surface area (Å²) in [6.07, 6.45) is 1.61. The van der Waals surface area contributed by atoms with E-state index in [4.69, 9.17) is 19.2 Å². The van der Waals surface area contributed by atoms with Gasteiger partial charge in [-0.3, -0.25) is 33.5 Å². The molecule has 6 aromatic rings. The Morgan fingerprint density at radius 2 is 1.62 bits per heavy atom. The highest BCUT2D eigenvalue weighted by Crippen LogP contribution is 2.43. The summed E-state index contributed by atoms with van der Waals surface area (Å²) in [4.78, 5) is 86.9. The summed E-state index contributed by atoms with van der Waals surface area (Å²) in [7, 11) is 1.54. The summed E-state index contributed by atoms with van der Waals surface area (Å²) < 4.78 is 20.7. The zero-order valence-corrected chi connectivity index (χ0v) is 40.3. The standard InChI is InChI=1S/C53H53N7O11/c1-7-34-36-22-31(61)14-19-41(36)55-46-38(34)26-59-42(46)24-40-39(51(59)67)27-69-52(68)53(40,8-2)71-45(64)20-21-58(6)50(66)29-10-15-32(16-11-29)70-33-17-12-30(13-18-33)60-47(56-57-48(60)49(65)54-9-3)37-23-35(28(4)5)43(62)25-44(37)63/h10-13,15-18,23-25,28,62-63H,7-9,14,19-22,26-27H2,1-6H3,(H,54,65). The fourth-order valence-corrected chi connectivity index (χ4v) is 9.72. The van der Waals surface area contributed by atoms with Crippen molar-refractivity contribution >= 4 is 29.5 Å². The van der Waals surface area contributed by atoms with Gasteiger partial charge in [-0.25, -0.2) is 4.79 Å². The second-order valence-electron chi connectivity index (χ2n) is 18.2. The van der Waals surface area contributed by atoms with E-state index in [-0.39, 0.29) is 95.5 Å². The Labute approximate surface area is 408 Å². The summed E-state index contributed by atoms with van der Waals surface area (Å²) >= 11 is 0. The number of rotatable bonds is 14. The molecule has 3 N–H and O–H groups in total. The molecule has 0 radical (unpaired) electrons. The summed E-state index contributed by atoms with van der Waals surface area (Å²) in [5.74, 6) is -1.64. The highest BCUT2D eigenvalue weighted by atomic mass is 16.6. The van der Waals surface area contributed by atoms with Crippen LogP contribution in [-0.4, -0.2) is 89.1 Å². The highest BCUT2D eigenvalue weighted by Gasteiger charge is 2.50. The quantitative estimate of drug-likeness (QED) is 0.0977. The number of phenolic OH excluding ortho intramolecular Hbond substituents is 2. The molecule has 3 aromatic carbocycles. The van der Waals surface area contributed by atoms with Crippen molar-refractivity contribution in [2.24, 2.45) is 0 Å². The topological polar surface area (TPSA) is 234 Å². The highest BCUT2D eigenvalue weighted by molar-refractivity contribution is 5.95. The average molecular weight is 964 g/mol. The average Bonchev–Trinajstić information content (AvgIpc) is 3.96. The van der Waals surface area contributed by atoms with Gasteiger partial charge in [0.2, 0.25) is 11.4 Å². The molecule has 3 aliphatic rings. The van der Waals surface area contributed by atoms with Gasteiger partial charge in [-0.05, 0) is 109 Å². The Hall–Kier alpha value is -8.15. The molecule has 0 spiro atoms. The zero-order chi connectivity index (χ0) is 50.5. The van der Waals surface area contributed by atoms with Crippen LogP contribution in [-0.2, 0) is 61.9 Å². The van der Waals surface area contributed by atoms with E-state index in [2.05, 4.69) is 15.5 Å². The lowest BCUT2D eigenvalue weighted by atomic mass is 9.85. The molecule has 0 saturated heterocycles. The number of cyclic esters (lactones) is 1. The van der Waals surface area contributed by atoms with Crippen LogP contribution >= 0.6 is 0 Å². The third-order valence-electron chi connectivity index (χ3n) is 13.5. The van der Waals surface area contributed by atoms with Gasteiger partial charge in [0.15, 0.2) is 5.82 Å². The Morgan fingerprint density at radius 3 is 2.30 bits per heavy atom. The molecule has 2 amide bonds. The minimum Gasteiger partial charge on any atom is -0.508 e. The van der Waals surface area contributed by atoms with E-state index >= 15 is 0 Å². The minimum atomic E-state index is -1.90. The number of pyridine rings is 2. The number of Topliss-reactive ketones (excluding diaryl/α,β-unsaturated/α-hetero) is 1. The van der Waals surface area contributed by atoms with Crippen LogP contribution in [0.25, 0.3) is 28.5 Å². The Bertz CT molecular complexity index is 3230. The lowest BCUT2D eigenvalue weighted by Crippen LogP contribution is -2.47. The number of ether oxygens (including phenoxy) is 3. The number of phenols is 2. The van der Waals surface area contributed by atoms with Crippen molar-refractivity contribution in [3.63, 3.8) is 0 Å². The van der Waals surface area contributed by atoms with Crippen LogP contribution in [0.1, 0.15) is 120 Å². The number of amides is 2. The summed E-state index contributed by atoms with van der Waals surface area (Å²) in [5, 5.41) is 32.5. The number of hydrogen-bond donors (Lipinski definition) is 3. The molecule has 18 nitrogen and oxygen atoms in total. The Balaban J connectivity index is 0.873. The number of fused-ring (bicyclic) bond motifs is 5. The normalized spacial score (nSPS) is 15.6. The molecule has 0 fully saturated rings. The first-order valence-electron chi connectivity index (χ1n) is 23.7. The SMILES string of the molecule is CCNC(=O)c1nnc(-c2cc(C(C)C)c(O)cc2O)n1-c1ccc(Oc2ccc(C(=O)N(C)CCC(=O)OC3(CC)C(=O)OCc4c3cc3n(c4=O)Cc4c-3nc3c(c4CC)CC(=O)CC3)cc2)cc1. The molecule has 0 saturated carbocycles. The van der Waals surface area contributed by atoms with Crippen molar-refractivity contribution < 1.29 is 48.4 Å². The van der Waals surface area contributed by atoms with Crippen molar-refractivity contribution in [3.8, 4) is 51.5 Å². The molecule has 71 heavy (non-hydrogen) atoms. The van der Waals surface area contributed by atoms with E-state index in [9.17, 15) is 39.0 Å². The molecule has 9 rings (SSSR count). The van der Waals surface area contributed by atoms with Gasteiger partial charge in [-0.1, -0.05) is 27.7 Å². The van der Waals surface area contributed by atoms with Gasteiger partial charge in [-0.15, -0.1) is 10.2 Å². The lowest BCUT2D eigenvalue weighted by molar-refractivity contribution is -0.189. The van der Waals surface area contributed by atoms with Gasteiger partial charge in [0.25, 0.3) is 17.4 Å². The van der Waals surface area contributed by atoms with E-state index in [1.165, 1.54) is 15.5 Å². The maximum atomic E-state index is 14.1. The van der Waals surface area contributed by atoms with E-state index in [0.29, 0.717) is 71.9 Å². The summed E-state index contributed by atoms with van der Waals surface area (Å²) in [6.45, 7) is 9.55. The zero-order valence-electron chi connectivity index (χ0n) is 40.3. The van der Waals surface area contributed by atoms with E-state index < -0.39 is 23.4 Å². The number of aromatic nitrogens is 5. The third kappa shape index (κ3) is 8.56. The summed E-state index contributed by atoms with van der Waals surface area (Å²) in [6, 6.07) is 17.8. The van der Waals surface area contributed by atoms with Crippen LogP contribution in [0.3, 0.4) is 0 Å². The first-order valence-corrected chi connectivity index (χ1v) is 23.7. The molecule has 2 aliphatic heterocycles. The van der Waals surface area contributed by atoms with Gasteiger partial charge in [0, 0.05) is 67.1 Å². The molecule has 0 bridgehead atoms. The van der Waals surface area contributed by atoms with Crippen LogP contribution in [0.15, 0.2) is 71.5 Å². The van der Waals surface area contributed by atoms with E-state index in [1.807, 2.05) is 20.8 Å². The molecule has 18 heteroatoms. The van der Waals surface area contributed by atoms with Gasteiger partial charge in [-0.2, -0.15) is 0 Å². The summed E-state index contributed by atoms with van der Waals surface area (Å²) in [5.41, 5.74) is 4.66. The van der Waals surface area contributed by atoms with Gasteiger partial charge < -0.3 is 39.2 Å². The molecule has 1 aliphatic carbocycles. The second kappa shape index (κ2) is 19.0. The molecule has 366 valence electrons. The Morgan fingerprint density at radius 1 is 0.901 bits per heavy atom. The molecule has 5 heterocycles. The lowest BCUT2D eigenvalue weighted by Gasteiger charge is -2.35. The van der Waals surface area contributed by atoms with Crippen molar-refractivity contribution in [1.82, 2.24) is 34.5 Å².